The van der Waals surface area contributed by atoms with Crippen molar-refractivity contribution in [2.45, 2.75) is 19.1 Å². The summed E-state index contributed by atoms with van der Waals surface area (Å²) < 4.78 is 37.0. The van der Waals surface area contributed by atoms with Crippen molar-refractivity contribution in [1.82, 2.24) is 5.32 Å². The summed E-state index contributed by atoms with van der Waals surface area (Å²) in [5.74, 6) is 0. The summed E-state index contributed by atoms with van der Waals surface area (Å²) in [5.41, 5.74) is -0.281. The zero-order valence-electron chi connectivity index (χ0n) is 8.01. The molecule has 0 fully saturated rings. The van der Waals surface area contributed by atoms with Gasteiger partial charge in [0.25, 0.3) is 0 Å². The Morgan fingerprint density at radius 3 is 2.60 bits per heavy atom. The summed E-state index contributed by atoms with van der Waals surface area (Å²) in [6.45, 7) is 1.61. The third-order valence-corrected chi connectivity index (χ3v) is 2.03. The number of carbonyl (C=O) groups is 1. The van der Waals surface area contributed by atoms with E-state index in [1.807, 2.05) is 0 Å². The van der Waals surface area contributed by atoms with Gasteiger partial charge in [0.05, 0.1) is 11.6 Å². The largest absolute Gasteiger partial charge is 0.416 e. The minimum Gasteiger partial charge on any atom is -0.352 e. The Bertz CT molecular complexity index is 349. The Kier molecular flexibility index (Phi) is 3.34. The highest BCUT2D eigenvalue weighted by molar-refractivity contribution is 5.47. The smallest absolute Gasteiger partial charge is 0.352 e. The molecule has 1 atom stereocenters. The van der Waals surface area contributed by atoms with Gasteiger partial charge in [-0.05, 0) is 24.6 Å². The van der Waals surface area contributed by atoms with Crippen molar-refractivity contribution in [3.05, 3.63) is 35.4 Å². The number of alkyl halides is 3. The monoisotopic (exact) mass is 217 g/mol. The summed E-state index contributed by atoms with van der Waals surface area (Å²) in [6, 6.07) is 4.46. The van der Waals surface area contributed by atoms with E-state index in [9.17, 15) is 18.0 Å². The molecule has 1 amide bonds. The fourth-order valence-electron chi connectivity index (χ4n) is 1.18. The van der Waals surface area contributed by atoms with Crippen LogP contribution in [0.25, 0.3) is 0 Å². The quantitative estimate of drug-likeness (QED) is 0.774. The SMILES string of the molecule is C[C@@H](NC=O)c1cccc(C(F)(F)F)c1. The number of amides is 1. The number of nitrogens with one attached hydrogen (secondary N) is 1. The number of rotatable bonds is 3. The van der Waals surface area contributed by atoms with Gasteiger partial charge in [-0.25, -0.2) is 0 Å². The molecule has 0 aliphatic carbocycles. The third kappa shape index (κ3) is 2.97. The number of carbonyl (C=O) groups excluding carboxylic acids is 1. The Labute approximate surface area is 85.1 Å². The molecule has 1 aromatic rings. The van der Waals surface area contributed by atoms with Crippen molar-refractivity contribution in [3.8, 4) is 0 Å². The topological polar surface area (TPSA) is 29.1 Å². The summed E-state index contributed by atoms with van der Waals surface area (Å²) in [4.78, 5) is 10.1. The maximum absolute atomic E-state index is 12.3. The minimum absolute atomic E-state index is 0.426. The number of hydrogen-bond acceptors (Lipinski definition) is 1. The highest BCUT2D eigenvalue weighted by Crippen LogP contribution is 2.30. The van der Waals surface area contributed by atoms with E-state index < -0.39 is 17.8 Å². The molecule has 0 bridgehead atoms. The van der Waals surface area contributed by atoms with Crippen LogP contribution in [-0.4, -0.2) is 6.41 Å². The predicted molar refractivity (Wildman–Crippen MR) is 49.1 cm³/mol. The lowest BCUT2D eigenvalue weighted by molar-refractivity contribution is -0.137. The zero-order chi connectivity index (χ0) is 11.5. The fourth-order valence-corrected chi connectivity index (χ4v) is 1.18. The second kappa shape index (κ2) is 4.33. The van der Waals surface area contributed by atoms with Crippen LogP contribution >= 0.6 is 0 Å². The van der Waals surface area contributed by atoms with Crippen LogP contribution in [0, 0.1) is 0 Å². The van der Waals surface area contributed by atoms with Crippen molar-refractivity contribution >= 4 is 6.41 Å². The molecule has 0 aliphatic heterocycles. The van der Waals surface area contributed by atoms with Gasteiger partial charge in [-0.3, -0.25) is 4.79 Å². The lowest BCUT2D eigenvalue weighted by Gasteiger charge is -2.13. The average Bonchev–Trinajstić information content (AvgIpc) is 2.17. The first kappa shape index (κ1) is 11.6. The molecule has 0 saturated heterocycles. The fraction of sp³-hybridized carbons (Fsp3) is 0.300. The predicted octanol–water partition coefficient (Wildman–Crippen LogP) is 2.51. The van der Waals surface area contributed by atoms with Crippen LogP contribution in [0.4, 0.5) is 13.2 Å². The average molecular weight is 217 g/mol. The third-order valence-electron chi connectivity index (χ3n) is 2.03. The van der Waals surface area contributed by atoms with Gasteiger partial charge < -0.3 is 5.32 Å². The lowest BCUT2D eigenvalue weighted by atomic mass is 10.1. The molecule has 1 rings (SSSR count). The Balaban J connectivity index is 2.97. The molecule has 82 valence electrons. The van der Waals surface area contributed by atoms with E-state index in [4.69, 9.17) is 0 Å². The minimum atomic E-state index is -4.35. The van der Waals surface area contributed by atoms with Crippen molar-refractivity contribution < 1.29 is 18.0 Å². The Morgan fingerprint density at radius 2 is 2.07 bits per heavy atom. The summed E-state index contributed by atoms with van der Waals surface area (Å²) in [6.07, 6.45) is -3.89. The number of hydrogen-bond donors (Lipinski definition) is 1. The molecule has 2 nitrogen and oxygen atoms in total. The molecule has 0 unspecified atom stereocenters. The number of benzene rings is 1. The molecule has 1 aromatic carbocycles. The normalized spacial score (nSPS) is 13.3. The van der Waals surface area contributed by atoms with Gasteiger partial charge >= 0.3 is 6.18 Å². The highest BCUT2D eigenvalue weighted by Gasteiger charge is 2.30. The molecule has 0 heterocycles. The van der Waals surface area contributed by atoms with Gasteiger partial charge in [0.15, 0.2) is 0 Å². The van der Waals surface area contributed by atoms with Crippen LogP contribution in [0.15, 0.2) is 24.3 Å². The Hall–Kier alpha value is -1.52. The second-order valence-electron chi connectivity index (χ2n) is 3.13. The lowest BCUT2D eigenvalue weighted by Crippen LogP contribution is -2.16. The van der Waals surface area contributed by atoms with Crippen molar-refractivity contribution in [2.75, 3.05) is 0 Å². The molecule has 0 radical (unpaired) electrons. The van der Waals surface area contributed by atoms with Crippen LogP contribution in [-0.2, 0) is 11.0 Å². The van der Waals surface area contributed by atoms with Gasteiger partial charge in [-0.2, -0.15) is 13.2 Å². The van der Waals surface area contributed by atoms with E-state index in [0.29, 0.717) is 12.0 Å². The molecule has 5 heteroatoms. The molecule has 0 spiro atoms. The Morgan fingerprint density at radius 1 is 1.40 bits per heavy atom. The van der Waals surface area contributed by atoms with Crippen molar-refractivity contribution in [1.29, 1.82) is 0 Å². The van der Waals surface area contributed by atoms with E-state index in [-0.39, 0.29) is 0 Å². The van der Waals surface area contributed by atoms with E-state index in [2.05, 4.69) is 5.32 Å². The zero-order valence-corrected chi connectivity index (χ0v) is 8.01. The maximum atomic E-state index is 12.3. The van der Waals surface area contributed by atoms with E-state index >= 15 is 0 Å². The van der Waals surface area contributed by atoms with Gasteiger partial charge in [0.1, 0.15) is 0 Å². The molecule has 0 saturated carbocycles. The first-order chi connectivity index (χ1) is 6.95. The molecular formula is C10H10F3NO. The standard InChI is InChI=1S/C10H10F3NO/c1-7(14-6-15)8-3-2-4-9(5-8)10(11,12)13/h2-7H,1H3,(H,14,15)/t7-/m1/s1. The van der Waals surface area contributed by atoms with Gasteiger partial charge in [0.2, 0.25) is 6.41 Å². The highest BCUT2D eigenvalue weighted by atomic mass is 19.4. The summed E-state index contributed by atoms with van der Waals surface area (Å²) in [5, 5.41) is 2.39. The van der Waals surface area contributed by atoms with Crippen LogP contribution in [0.1, 0.15) is 24.1 Å². The molecule has 0 aromatic heterocycles. The van der Waals surface area contributed by atoms with Gasteiger partial charge in [-0.15, -0.1) is 0 Å². The molecular weight excluding hydrogens is 207 g/mol. The number of halogens is 3. The van der Waals surface area contributed by atoms with E-state index in [1.165, 1.54) is 12.1 Å². The van der Waals surface area contributed by atoms with Crippen LogP contribution in [0.2, 0.25) is 0 Å². The molecule has 0 aliphatic rings. The first-order valence-corrected chi connectivity index (χ1v) is 4.32. The summed E-state index contributed by atoms with van der Waals surface area (Å²) >= 11 is 0. The van der Waals surface area contributed by atoms with Crippen LogP contribution < -0.4 is 5.32 Å². The molecule has 1 N–H and O–H groups in total. The maximum Gasteiger partial charge on any atom is 0.416 e. The van der Waals surface area contributed by atoms with E-state index in [0.717, 1.165) is 12.1 Å². The van der Waals surface area contributed by atoms with Crippen LogP contribution in [0.3, 0.4) is 0 Å². The van der Waals surface area contributed by atoms with Crippen molar-refractivity contribution in [3.63, 3.8) is 0 Å². The summed E-state index contributed by atoms with van der Waals surface area (Å²) in [7, 11) is 0. The van der Waals surface area contributed by atoms with Crippen molar-refractivity contribution in [2.24, 2.45) is 0 Å². The second-order valence-corrected chi connectivity index (χ2v) is 3.13. The first-order valence-electron chi connectivity index (χ1n) is 4.32. The van der Waals surface area contributed by atoms with E-state index in [1.54, 1.807) is 6.92 Å². The van der Waals surface area contributed by atoms with Gasteiger partial charge in [0, 0.05) is 0 Å². The van der Waals surface area contributed by atoms with Gasteiger partial charge in [-0.1, -0.05) is 12.1 Å². The van der Waals surface area contributed by atoms with Crippen LogP contribution in [0.5, 0.6) is 0 Å². The molecule has 15 heavy (non-hydrogen) atoms.